The molecule has 0 atom stereocenters. The number of aryl methyl sites for hydroxylation is 1. The van der Waals surface area contributed by atoms with Crippen LogP contribution in [0.1, 0.15) is 30.3 Å². The van der Waals surface area contributed by atoms with E-state index in [9.17, 15) is 4.79 Å². The van der Waals surface area contributed by atoms with Gasteiger partial charge in [0.15, 0.2) is 5.78 Å². The number of ketones is 1. The van der Waals surface area contributed by atoms with Crippen LogP contribution in [0.4, 0.5) is 0 Å². The summed E-state index contributed by atoms with van der Waals surface area (Å²) in [4.78, 5) is 11.3. The van der Waals surface area contributed by atoms with Crippen molar-refractivity contribution in [3.63, 3.8) is 0 Å². The van der Waals surface area contributed by atoms with E-state index in [1.54, 1.807) is 0 Å². The Hall–Kier alpha value is -1.05. The van der Waals surface area contributed by atoms with Gasteiger partial charge in [-0.2, -0.15) is 0 Å². The number of carbonyl (C=O) groups is 1. The van der Waals surface area contributed by atoms with Gasteiger partial charge in [0, 0.05) is 19.7 Å². The molecule has 1 rings (SSSR count). The average molecular weight is 151 g/mol. The molecule has 0 aliphatic heterocycles. The highest BCUT2D eigenvalue weighted by Crippen LogP contribution is 2.04. The third kappa shape index (κ3) is 1.70. The number of Topliss-reactive ketones (excluding diaryl/α,β-unsaturated/α-hetero) is 1. The number of hydrogen-bond acceptors (Lipinski definition) is 1. The fourth-order valence-electron chi connectivity index (χ4n) is 1.11. The largest absolute Gasteiger partial charge is 0.348 e. The molecule has 0 aliphatic carbocycles. The van der Waals surface area contributed by atoms with Crippen LogP contribution in [0.15, 0.2) is 18.3 Å². The summed E-state index contributed by atoms with van der Waals surface area (Å²) in [5.41, 5.74) is 0.812. The minimum absolute atomic E-state index is 0.236. The second-order valence-electron chi connectivity index (χ2n) is 2.68. The highest BCUT2D eigenvalue weighted by atomic mass is 16.1. The molecule has 0 unspecified atom stereocenters. The predicted octanol–water partition coefficient (Wildman–Crippen LogP) is 2.01. The van der Waals surface area contributed by atoms with Crippen molar-refractivity contribution in [2.75, 3.05) is 0 Å². The summed E-state index contributed by atoms with van der Waals surface area (Å²) in [5.74, 6) is 0.236. The van der Waals surface area contributed by atoms with E-state index >= 15 is 0 Å². The Bertz CT molecular complexity index is 250. The van der Waals surface area contributed by atoms with Gasteiger partial charge in [-0.3, -0.25) is 4.79 Å². The first-order valence-corrected chi connectivity index (χ1v) is 3.90. The lowest BCUT2D eigenvalue weighted by Gasteiger charge is -1.99. The van der Waals surface area contributed by atoms with Gasteiger partial charge in [-0.15, -0.1) is 0 Å². The molecule has 0 amide bonds. The summed E-state index contributed by atoms with van der Waals surface area (Å²) < 4.78 is 1.86. The smallest absolute Gasteiger partial charge is 0.179 e. The number of hydrogen-bond donors (Lipinski definition) is 0. The number of rotatable bonds is 3. The Labute approximate surface area is 66.8 Å². The van der Waals surface area contributed by atoms with Gasteiger partial charge in [-0.05, 0) is 18.6 Å². The van der Waals surface area contributed by atoms with Crippen LogP contribution in [0.5, 0.6) is 0 Å². The van der Waals surface area contributed by atoms with Crippen LogP contribution >= 0.6 is 0 Å². The monoisotopic (exact) mass is 151 g/mol. The summed E-state index contributed by atoms with van der Waals surface area (Å²) in [5, 5.41) is 0. The summed E-state index contributed by atoms with van der Waals surface area (Å²) in [6.45, 7) is 2.01. The summed E-state index contributed by atoms with van der Waals surface area (Å²) in [6.07, 6.45) is 3.46. The molecule has 11 heavy (non-hydrogen) atoms. The first kappa shape index (κ1) is 8.05. The van der Waals surface area contributed by atoms with Gasteiger partial charge in [0.1, 0.15) is 0 Å². The predicted molar refractivity (Wildman–Crippen MR) is 44.7 cm³/mol. The molecular formula is C9H13NO. The van der Waals surface area contributed by atoms with Crippen molar-refractivity contribution in [2.24, 2.45) is 7.05 Å². The fraction of sp³-hybridized carbons (Fsp3) is 0.444. The fourth-order valence-corrected chi connectivity index (χ4v) is 1.11. The lowest BCUT2D eigenvalue weighted by molar-refractivity contribution is 0.0974. The molecule has 0 fully saturated rings. The minimum atomic E-state index is 0.236. The second kappa shape index (κ2) is 3.37. The molecule has 0 saturated heterocycles. The Morgan fingerprint density at radius 2 is 2.36 bits per heavy atom. The van der Waals surface area contributed by atoms with Crippen LogP contribution in [0.25, 0.3) is 0 Å². The van der Waals surface area contributed by atoms with Gasteiger partial charge in [0.2, 0.25) is 0 Å². The van der Waals surface area contributed by atoms with Gasteiger partial charge >= 0.3 is 0 Å². The molecule has 0 saturated carbocycles. The van der Waals surface area contributed by atoms with Gasteiger partial charge in [-0.1, -0.05) is 6.92 Å². The zero-order valence-electron chi connectivity index (χ0n) is 7.00. The first-order valence-electron chi connectivity index (χ1n) is 3.90. The van der Waals surface area contributed by atoms with Crippen molar-refractivity contribution in [1.82, 2.24) is 4.57 Å². The zero-order valence-corrected chi connectivity index (χ0v) is 7.00. The van der Waals surface area contributed by atoms with E-state index in [-0.39, 0.29) is 5.78 Å². The van der Waals surface area contributed by atoms with Gasteiger partial charge in [0.05, 0.1) is 5.69 Å². The molecule has 2 nitrogen and oxygen atoms in total. The van der Waals surface area contributed by atoms with Crippen molar-refractivity contribution < 1.29 is 4.79 Å². The normalized spacial score (nSPS) is 10.0. The van der Waals surface area contributed by atoms with E-state index in [0.29, 0.717) is 6.42 Å². The van der Waals surface area contributed by atoms with Crippen LogP contribution < -0.4 is 0 Å². The van der Waals surface area contributed by atoms with E-state index in [4.69, 9.17) is 0 Å². The number of nitrogens with zero attached hydrogens (tertiary/aromatic N) is 1. The molecule has 0 aromatic carbocycles. The highest BCUT2D eigenvalue weighted by Gasteiger charge is 2.05. The molecule has 0 aliphatic rings. The van der Waals surface area contributed by atoms with Crippen LogP contribution in [0.3, 0.4) is 0 Å². The van der Waals surface area contributed by atoms with E-state index in [0.717, 1.165) is 12.1 Å². The minimum Gasteiger partial charge on any atom is -0.348 e. The van der Waals surface area contributed by atoms with Crippen LogP contribution in [-0.4, -0.2) is 10.4 Å². The van der Waals surface area contributed by atoms with Crippen molar-refractivity contribution in [1.29, 1.82) is 0 Å². The zero-order chi connectivity index (χ0) is 8.27. The van der Waals surface area contributed by atoms with Crippen molar-refractivity contribution in [2.45, 2.75) is 19.8 Å². The lowest BCUT2D eigenvalue weighted by Crippen LogP contribution is -2.04. The molecule has 1 aromatic heterocycles. The van der Waals surface area contributed by atoms with Crippen LogP contribution in [-0.2, 0) is 7.05 Å². The maximum absolute atomic E-state index is 11.3. The maximum Gasteiger partial charge on any atom is 0.179 e. The highest BCUT2D eigenvalue weighted by molar-refractivity contribution is 5.94. The Morgan fingerprint density at radius 3 is 2.82 bits per heavy atom. The Morgan fingerprint density at radius 1 is 1.64 bits per heavy atom. The summed E-state index contributed by atoms with van der Waals surface area (Å²) in [6, 6.07) is 3.75. The number of carbonyl (C=O) groups excluding carboxylic acids is 1. The maximum atomic E-state index is 11.3. The van der Waals surface area contributed by atoms with Crippen LogP contribution in [0, 0.1) is 0 Å². The van der Waals surface area contributed by atoms with Gasteiger partial charge in [-0.25, -0.2) is 0 Å². The Balaban J connectivity index is 2.76. The van der Waals surface area contributed by atoms with E-state index in [1.165, 1.54) is 0 Å². The van der Waals surface area contributed by atoms with Crippen LogP contribution in [0.2, 0.25) is 0 Å². The summed E-state index contributed by atoms with van der Waals surface area (Å²) in [7, 11) is 1.89. The molecule has 0 radical (unpaired) electrons. The molecule has 2 heteroatoms. The van der Waals surface area contributed by atoms with Crippen molar-refractivity contribution in [3.05, 3.63) is 24.0 Å². The van der Waals surface area contributed by atoms with Crippen molar-refractivity contribution >= 4 is 5.78 Å². The van der Waals surface area contributed by atoms with E-state index < -0.39 is 0 Å². The molecule has 0 bridgehead atoms. The third-order valence-corrected chi connectivity index (χ3v) is 1.71. The third-order valence-electron chi connectivity index (χ3n) is 1.71. The second-order valence-corrected chi connectivity index (χ2v) is 2.68. The standard InChI is InChI=1S/C9H13NO/c1-3-5-9(11)8-6-4-7-10(8)2/h4,6-7H,3,5H2,1-2H3. The first-order chi connectivity index (χ1) is 5.25. The topological polar surface area (TPSA) is 22.0 Å². The molecule has 1 aromatic rings. The molecule has 60 valence electrons. The molecule has 0 N–H and O–H groups in total. The van der Waals surface area contributed by atoms with E-state index in [1.807, 2.05) is 36.9 Å². The average Bonchev–Trinajstić information content (AvgIpc) is 2.36. The quantitative estimate of drug-likeness (QED) is 0.606. The number of aromatic nitrogens is 1. The van der Waals surface area contributed by atoms with Gasteiger partial charge in [0.25, 0.3) is 0 Å². The molecule has 0 spiro atoms. The lowest BCUT2D eigenvalue weighted by atomic mass is 10.2. The van der Waals surface area contributed by atoms with Gasteiger partial charge < -0.3 is 4.57 Å². The van der Waals surface area contributed by atoms with E-state index in [2.05, 4.69) is 0 Å². The summed E-state index contributed by atoms with van der Waals surface area (Å²) >= 11 is 0. The molecule has 1 heterocycles. The Kier molecular flexibility index (Phi) is 2.47. The SMILES string of the molecule is CCCC(=O)c1cccn1C. The molecular weight excluding hydrogens is 138 g/mol. The van der Waals surface area contributed by atoms with Crippen molar-refractivity contribution in [3.8, 4) is 0 Å².